The van der Waals surface area contributed by atoms with Gasteiger partial charge in [-0.2, -0.15) is 0 Å². The Morgan fingerprint density at radius 1 is 0.885 bits per heavy atom. The van der Waals surface area contributed by atoms with Gasteiger partial charge in [-0.05, 0) is 49.9 Å². The summed E-state index contributed by atoms with van der Waals surface area (Å²) in [4.78, 5) is 24.8. The maximum atomic E-state index is 12.4. The largest absolute Gasteiger partial charge is 0.489 e. The third-order valence-corrected chi connectivity index (χ3v) is 3.87. The number of aryl methyl sites for hydroxylation is 1. The van der Waals surface area contributed by atoms with Gasteiger partial charge in [-0.1, -0.05) is 44.2 Å². The summed E-state index contributed by atoms with van der Waals surface area (Å²) in [6, 6.07) is 12.9. The molecule has 26 heavy (non-hydrogen) atoms. The highest BCUT2D eigenvalue weighted by atomic mass is 16.5. The van der Waals surface area contributed by atoms with Crippen molar-refractivity contribution >= 4 is 23.2 Å². The number of carbonyl (C=O) groups is 2. The number of rotatable bonds is 5. The fraction of sp³-hybridized carbons (Fsp3) is 0.333. The van der Waals surface area contributed by atoms with Crippen molar-refractivity contribution in [3.05, 3.63) is 53.6 Å². The SMILES string of the molecule is Cc1cccc(C(C)C)c1NC(=O)C(=O)Nc1ccccc1OC(C)C. The molecule has 2 rings (SSSR count). The number of nitrogens with one attached hydrogen (secondary N) is 2. The van der Waals surface area contributed by atoms with Crippen LogP contribution in [0.5, 0.6) is 5.75 Å². The molecule has 0 aliphatic heterocycles. The van der Waals surface area contributed by atoms with Crippen LogP contribution < -0.4 is 15.4 Å². The molecule has 0 saturated heterocycles. The molecule has 2 aromatic rings. The minimum Gasteiger partial charge on any atom is -0.489 e. The van der Waals surface area contributed by atoms with Crippen molar-refractivity contribution < 1.29 is 14.3 Å². The molecule has 0 aliphatic carbocycles. The summed E-state index contributed by atoms with van der Waals surface area (Å²) in [6.07, 6.45) is -0.0394. The minimum absolute atomic E-state index is 0.0394. The van der Waals surface area contributed by atoms with Gasteiger partial charge in [0.15, 0.2) is 0 Å². The molecule has 5 nitrogen and oxygen atoms in total. The van der Waals surface area contributed by atoms with Crippen LogP contribution in [-0.2, 0) is 9.59 Å². The first kappa shape index (κ1) is 19.5. The van der Waals surface area contributed by atoms with E-state index in [0.717, 1.165) is 11.1 Å². The van der Waals surface area contributed by atoms with Gasteiger partial charge in [-0.25, -0.2) is 0 Å². The van der Waals surface area contributed by atoms with Crippen LogP contribution in [-0.4, -0.2) is 17.9 Å². The molecule has 0 spiro atoms. The third kappa shape index (κ3) is 4.85. The maximum Gasteiger partial charge on any atom is 0.314 e. The van der Waals surface area contributed by atoms with E-state index in [-0.39, 0.29) is 12.0 Å². The standard InChI is InChI=1S/C21H26N2O3/c1-13(2)16-10-8-9-15(5)19(16)23-21(25)20(24)22-17-11-6-7-12-18(17)26-14(3)4/h6-14H,1-5H3,(H,22,24)(H,23,25). The number of hydrogen-bond donors (Lipinski definition) is 2. The molecule has 0 saturated carbocycles. The van der Waals surface area contributed by atoms with Crippen LogP contribution in [0.15, 0.2) is 42.5 Å². The molecule has 138 valence electrons. The predicted octanol–water partition coefficient (Wildman–Crippen LogP) is 4.48. The highest BCUT2D eigenvalue weighted by Crippen LogP contribution is 2.28. The Morgan fingerprint density at radius 2 is 1.54 bits per heavy atom. The van der Waals surface area contributed by atoms with Gasteiger partial charge in [0.05, 0.1) is 11.8 Å². The molecule has 2 aromatic carbocycles. The Balaban J connectivity index is 2.16. The number of benzene rings is 2. The Bertz CT molecular complexity index is 798. The highest BCUT2D eigenvalue weighted by molar-refractivity contribution is 6.44. The number of amides is 2. The number of carbonyl (C=O) groups excluding carboxylic acids is 2. The van der Waals surface area contributed by atoms with Gasteiger partial charge in [0, 0.05) is 5.69 Å². The van der Waals surface area contributed by atoms with Crippen molar-refractivity contribution in [3.8, 4) is 5.75 Å². The summed E-state index contributed by atoms with van der Waals surface area (Å²) >= 11 is 0. The Morgan fingerprint density at radius 3 is 2.19 bits per heavy atom. The van der Waals surface area contributed by atoms with Crippen LogP contribution >= 0.6 is 0 Å². The second-order valence-electron chi connectivity index (χ2n) is 6.76. The highest BCUT2D eigenvalue weighted by Gasteiger charge is 2.19. The summed E-state index contributed by atoms with van der Waals surface area (Å²) in [6.45, 7) is 9.80. The molecule has 0 radical (unpaired) electrons. The van der Waals surface area contributed by atoms with E-state index >= 15 is 0 Å². The second-order valence-corrected chi connectivity index (χ2v) is 6.76. The zero-order valence-corrected chi connectivity index (χ0v) is 15.9. The van der Waals surface area contributed by atoms with E-state index in [9.17, 15) is 9.59 Å². The zero-order chi connectivity index (χ0) is 19.3. The minimum atomic E-state index is -0.734. The average Bonchev–Trinajstić information content (AvgIpc) is 2.57. The molecule has 0 aliphatic rings. The first-order chi connectivity index (χ1) is 12.3. The van der Waals surface area contributed by atoms with E-state index in [1.807, 2.05) is 58.9 Å². The topological polar surface area (TPSA) is 67.4 Å². The molecule has 0 bridgehead atoms. The third-order valence-electron chi connectivity index (χ3n) is 3.87. The number of anilines is 2. The summed E-state index contributed by atoms with van der Waals surface area (Å²) < 4.78 is 5.67. The average molecular weight is 354 g/mol. The van der Waals surface area contributed by atoms with E-state index in [1.54, 1.807) is 18.2 Å². The summed E-state index contributed by atoms with van der Waals surface area (Å²) in [7, 11) is 0. The first-order valence-electron chi connectivity index (χ1n) is 8.77. The second kappa shape index (κ2) is 8.52. The van der Waals surface area contributed by atoms with Crippen LogP contribution in [0.1, 0.15) is 44.7 Å². The summed E-state index contributed by atoms with van der Waals surface area (Å²) in [5.74, 6) is -0.681. The number of para-hydroxylation sites is 3. The quantitative estimate of drug-likeness (QED) is 0.778. The van der Waals surface area contributed by atoms with Gasteiger partial charge in [0.2, 0.25) is 0 Å². The zero-order valence-electron chi connectivity index (χ0n) is 15.9. The molecule has 0 heterocycles. The van der Waals surface area contributed by atoms with Crippen molar-refractivity contribution in [2.24, 2.45) is 0 Å². The van der Waals surface area contributed by atoms with Gasteiger partial charge in [0.25, 0.3) is 0 Å². The Labute approximate surface area is 154 Å². The molecule has 0 atom stereocenters. The Hall–Kier alpha value is -2.82. The molecule has 0 fully saturated rings. The van der Waals surface area contributed by atoms with E-state index in [4.69, 9.17) is 4.74 Å². The van der Waals surface area contributed by atoms with Crippen LogP contribution in [0.25, 0.3) is 0 Å². The van der Waals surface area contributed by atoms with E-state index < -0.39 is 11.8 Å². The van der Waals surface area contributed by atoms with Crippen molar-refractivity contribution in [3.63, 3.8) is 0 Å². The van der Waals surface area contributed by atoms with E-state index in [2.05, 4.69) is 10.6 Å². The molecule has 2 N–H and O–H groups in total. The smallest absolute Gasteiger partial charge is 0.314 e. The lowest BCUT2D eigenvalue weighted by Gasteiger charge is -2.17. The first-order valence-corrected chi connectivity index (χ1v) is 8.77. The van der Waals surface area contributed by atoms with Crippen LogP contribution in [0.4, 0.5) is 11.4 Å². The van der Waals surface area contributed by atoms with Crippen LogP contribution in [0.2, 0.25) is 0 Å². The lowest BCUT2D eigenvalue weighted by atomic mass is 9.98. The number of ether oxygens (including phenoxy) is 1. The van der Waals surface area contributed by atoms with Crippen LogP contribution in [0, 0.1) is 6.92 Å². The maximum absolute atomic E-state index is 12.4. The van der Waals surface area contributed by atoms with Gasteiger partial charge in [0.1, 0.15) is 5.75 Å². The molecular weight excluding hydrogens is 328 g/mol. The normalized spacial score (nSPS) is 10.7. The van der Waals surface area contributed by atoms with Gasteiger partial charge in [-0.3, -0.25) is 9.59 Å². The fourth-order valence-electron chi connectivity index (χ4n) is 2.62. The van der Waals surface area contributed by atoms with Crippen LogP contribution in [0.3, 0.4) is 0 Å². The van der Waals surface area contributed by atoms with Crippen molar-refractivity contribution in [2.75, 3.05) is 10.6 Å². The van der Waals surface area contributed by atoms with Crippen molar-refractivity contribution in [2.45, 2.75) is 46.6 Å². The van der Waals surface area contributed by atoms with E-state index in [1.165, 1.54) is 0 Å². The molecule has 2 amide bonds. The van der Waals surface area contributed by atoms with Gasteiger partial charge in [-0.15, -0.1) is 0 Å². The van der Waals surface area contributed by atoms with Gasteiger partial charge < -0.3 is 15.4 Å². The van der Waals surface area contributed by atoms with E-state index in [0.29, 0.717) is 17.1 Å². The van der Waals surface area contributed by atoms with Crippen molar-refractivity contribution in [1.29, 1.82) is 0 Å². The summed E-state index contributed by atoms with van der Waals surface area (Å²) in [5.41, 5.74) is 3.07. The van der Waals surface area contributed by atoms with Crippen molar-refractivity contribution in [1.82, 2.24) is 0 Å². The Kier molecular flexibility index (Phi) is 6.39. The molecule has 0 aromatic heterocycles. The molecule has 0 unspecified atom stereocenters. The fourth-order valence-corrected chi connectivity index (χ4v) is 2.62. The van der Waals surface area contributed by atoms with Gasteiger partial charge >= 0.3 is 11.8 Å². The monoisotopic (exact) mass is 354 g/mol. The lowest BCUT2D eigenvalue weighted by molar-refractivity contribution is -0.133. The lowest BCUT2D eigenvalue weighted by Crippen LogP contribution is -2.30. The predicted molar refractivity (Wildman–Crippen MR) is 105 cm³/mol. The molecular formula is C21H26N2O3. The molecule has 5 heteroatoms. The summed E-state index contributed by atoms with van der Waals surface area (Å²) in [5, 5.41) is 5.38. The number of hydrogen-bond acceptors (Lipinski definition) is 3.